The highest BCUT2D eigenvalue weighted by atomic mass is 19.2. The van der Waals surface area contributed by atoms with Crippen LogP contribution in [0.25, 0.3) is 11.0 Å². The number of benzene rings is 2. The lowest BCUT2D eigenvalue weighted by Crippen LogP contribution is -2.18. The maximum absolute atomic E-state index is 13.8. The van der Waals surface area contributed by atoms with E-state index in [0.717, 1.165) is 31.2 Å². The average molecular weight is 398 g/mol. The molecule has 1 atom stereocenters. The molecule has 2 aromatic carbocycles. The monoisotopic (exact) mass is 398 g/mol. The fraction of sp³-hybridized carbons (Fsp3) is 0.417. The second-order valence-corrected chi connectivity index (χ2v) is 7.75. The number of aromatic nitrogens is 2. The van der Waals surface area contributed by atoms with Gasteiger partial charge in [-0.3, -0.25) is 4.79 Å². The van der Waals surface area contributed by atoms with Crippen molar-refractivity contribution >= 4 is 16.8 Å². The summed E-state index contributed by atoms with van der Waals surface area (Å²) >= 11 is 0. The molecular formula is C24H28F2N2O. The molecule has 0 amide bonds. The van der Waals surface area contributed by atoms with Crippen molar-refractivity contribution in [3.05, 3.63) is 65.5 Å². The number of carbonyl (C=O) groups is 1. The number of Topliss-reactive ketones (excluding diaryl/α,β-unsaturated/α-hetero) is 1. The first-order valence-electron chi connectivity index (χ1n) is 10.3. The number of hydrogen-bond donors (Lipinski definition) is 0. The summed E-state index contributed by atoms with van der Waals surface area (Å²) in [4.78, 5) is 15.5. The third-order valence-corrected chi connectivity index (χ3v) is 5.66. The van der Waals surface area contributed by atoms with E-state index in [1.54, 1.807) is 0 Å². The smallest absolute Gasteiger partial charge is 0.184 e. The highest BCUT2D eigenvalue weighted by molar-refractivity contribution is 5.79. The van der Waals surface area contributed by atoms with Crippen molar-refractivity contribution in [1.82, 2.24) is 9.55 Å². The Bertz CT molecular complexity index is 977. The van der Waals surface area contributed by atoms with Gasteiger partial charge >= 0.3 is 0 Å². The van der Waals surface area contributed by atoms with Crippen LogP contribution in [-0.2, 0) is 4.79 Å². The van der Waals surface area contributed by atoms with Crippen molar-refractivity contribution < 1.29 is 13.6 Å². The predicted octanol–water partition coefficient (Wildman–Crippen LogP) is 6.51. The first-order chi connectivity index (χ1) is 13.9. The number of rotatable bonds is 5. The Labute approximate surface area is 170 Å². The van der Waals surface area contributed by atoms with Crippen molar-refractivity contribution in [2.45, 2.75) is 64.8 Å². The summed E-state index contributed by atoms with van der Waals surface area (Å²) in [5.41, 5.74) is 2.12. The highest BCUT2D eigenvalue weighted by Gasteiger charge is 2.25. The number of halogens is 2. The number of aryl methyl sites for hydroxylation is 1. The molecule has 154 valence electrons. The van der Waals surface area contributed by atoms with E-state index in [1.807, 2.05) is 36.6 Å². The zero-order valence-corrected chi connectivity index (χ0v) is 17.3. The number of fused-ring (bicyclic) bond motifs is 1. The summed E-state index contributed by atoms with van der Waals surface area (Å²) < 4.78 is 28.8. The molecule has 1 unspecified atom stereocenters. The van der Waals surface area contributed by atoms with E-state index in [4.69, 9.17) is 0 Å². The molecule has 3 aromatic rings. The van der Waals surface area contributed by atoms with Crippen LogP contribution in [0, 0.1) is 18.6 Å². The van der Waals surface area contributed by atoms with Gasteiger partial charge in [0.2, 0.25) is 0 Å². The molecule has 1 saturated carbocycles. The number of ketones is 1. The predicted molar refractivity (Wildman–Crippen MR) is 112 cm³/mol. The third kappa shape index (κ3) is 4.72. The normalized spacial score (nSPS) is 14.8. The van der Waals surface area contributed by atoms with E-state index in [2.05, 4.69) is 24.0 Å². The van der Waals surface area contributed by atoms with Crippen LogP contribution in [0.2, 0.25) is 0 Å². The Kier molecular flexibility index (Phi) is 6.78. The van der Waals surface area contributed by atoms with Gasteiger partial charge in [0, 0.05) is 18.9 Å². The quantitative estimate of drug-likeness (QED) is 0.491. The molecule has 0 spiro atoms. The molecule has 0 N–H and O–H groups in total. The van der Waals surface area contributed by atoms with Gasteiger partial charge in [0.05, 0.1) is 5.52 Å². The molecule has 0 bridgehead atoms. The fourth-order valence-electron chi connectivity index (χ4n) is 3.72. The van der Waals surface area contributed by atoms with Crippen molar-refractivity contribution in [2.24, 2.45) is 0 Å². The van der Waals surface area contributed by atoms with Gasteiger partial charge in [-0.05, 0) is 49.8 Å². The molecular weight excluding hydrogens is 370 g/mol. The van der Waals surface area contributed by atoms with Crippen LogP contribution in [0.15, 0.2) is 42.5 Å². The van der Waals surface area contributed by atoms with E-state index >= 15 is 0 Å². The third-order valence-electron chi connectivity index (χ3n) is 5.66. The van der Waals surface area contributed by atoms with Crippen LogP contribution in [0.5, 0.6) is 0 Å². The van der Waals surface area contributed by atoms with Gasteiger partial charge in [-0.15, -0.1) is 0 Å². The molecule has 1 heterocycles. The van der Waals surface area contributed by atoms with Gasteiger partial charge in [-0.2, -0.15) is 0 Å². The summed E-state index contributed by atoms with van der Waals surface area (Å²) in [6.45, 7) is 5.86. The van der Waals surface area contributed by atoms with Crippen molar-refractivity contribution in [3.63, 3.8) is 0 Å². The molecule has 1 aliphatic carbocycles. The molecule has 5 heteroatoms. The molecule has 0 saturated heterocycles. The van der Waals surface area contributed by atoms with Crippen LogP contribution < -0.4 is 0 Å². The van der Waals surface area contributed by atoms with Gasteiger partial charge < -0.3 is 4.57 Å². The molecule has 29 heavy (non-hydrogen) atoms. The van der Waals surface area contributed by atoms with E-state index in [0.29, 0.717) is 41.6 Å². The first kappa shape index (κ1) is 21.2. The lowest BCUT2D eigenvalue weighted by Gasteiger charge is -2.28. The van der Waals surface area contributed by atoms with Crippen LogP contribution in [-0.4, -0.2) is 15.3 Å². The molecule has 3 nitrogen and oxygen atoms in total. The minimum atomic E-state index is -0.798. The first-order valence-corrected chi connectivity index (χ1v) is 10.3. The second kappa shape index (κ2) is 9.29. The summed E-state index contributed by atoms with van der Waals surface area (Å²) in [6.07, 6.45) is 4.53. The van der Waals surface area contributed by atoms with Gasteiger partial charge in [0.15, 0.2) is 11.6 Å². The Morgan fingerprint density at radius 2 is 1.86 bits per heavy atom. The Morgan fingerprint density at radius 1 is 1.17 bits per heavy atom. The van der Waals surface area contributed by atoms with Crippen LogP contribution in [0.1, 0.15) is 69.3 Å². The zero-order valence-electron chi connectivity index (χ0n) is 17.3. The molecule has 0 radical (unpaired) electrons. The summed E-state index contributed by atoms with van der Waals surface area (Å²) in [6, 6.07) is 13.1. The van der Waals surface area contributed by atoms with Crippen molar-refractivity contribution in [3.8, 4) is 0 Å². The van der Waals surface area contributed by atoms with Crippen LogP contribution >= 0.6 is 0 Å². The largest absolute Gasteiger partial charge is 0.323 e. The second-order valence-electron chi connectivity index (χ2n) is 7.75. The SMILES string of the molecule is CCC(=O)CC(C)c1ccccc1.Cc1nc2ccc(F)c(F)c2n1C1CCC1. The van der Waals surface area contributed by atoms with Crippen molar-refractivity contribution in [2.75, 3.05) is 0 Å². The summed E-state index contributed by atoms with van der Waals surface area (Å²) in [7, 11) is 0. The maximum Gasteiger partial charge on any atom is 0.184 e. The van der Waals surface area contributed by atoms with E-state index in [1.165, 1.54) is 11.6 Å². The van der Waals surface area contributed by atoms with Gasteiger partial charge in [0.25, 0.3) is 0 Å². The average Bonchev–Trinajstić information content (AvgIpc) is 3.01. The Morgan fingerprint density at radius 3 is 2.45 bits per heavy atom. The van der Waals surface area contributed by atoms with E-state index in [-0.39, 0.29) is 0 Å². The molecule has 0 aliphatic heterocycles. The molecule has 1 aromatic heterocycles. The molecule has 1 fully saturated rings. The lowest BCUT2D eigenvalue weighted by atomic mass is 9.92. The van der Waals surface area contributed by atoms with Crippen LogP contribution in [0.4, 0.5) is 8.78 Å². The minimum absolute atomic E-state index is 0.293. The molecule has 1 aliphatic rings. The van der Waals surface area contributed by atoms with Gasteiger partial charge in [-0.1, -0.05) is 44.2 Å². The molecule has 4 rings (SSSR count). The van der Waals surface area contributed by atoms with Gasteiger partial charge in [-0.25, -0.2) is 13.8 Å². The fourth-order valence-corrected chi connectivity index (χ4v) is 3.72. The Balaban J connectivity index is 0.000000170. The Hall–Kier alpha value is -2.56. The van der Waals surface area contributed by atoms with Crippen LogP contribution in [0.3, 0.4) is 0 Å². The van der Waals surface area contributed by atoms with Crippen molar-refractivity contribution in [1.29, 1.82) is 0 Å². The number of hydrogen-bond acceptors (Lipinski definition) is 2. The minimum Gasteiger partial charge on any atom is -0.323 e. The zero-order chi connectivity index (χ0) is 21.0. The number of imidazole rings is 1. The lowest BCUT2D eigenvalue weighted by molar-refractivity contribution is -0.119. The summed E-state index contributed by atoms with van der Waals surface area (Å²) in [5.74, 6) is -0.104. The van der Waals surface area contributed by atoms with E-state index < -0.39 is 11.6 Å². The summed E-state index contributed by atoms with van der Waals surface area (Å²) in [5, 5.41) is 0. The topological polar surface area (TPSA) is 34.9 Å². The standard InChI is InChI=1S/C12H12F2N2.C12H16O/c1-7-15-10-6-5-9(13)11(14)12(10)16(7)8-3-2-4-8;1-3-12(13)9-10(2)11-7-5-4-6-8-11/h5-6,8H,2-4H2,1H3;4-8,10H,3,9H2,1-2H3. The highest BCUT2D eigenvalue weighted by Crippen LogP contribution is 2.36. The number of carbonyl (C=O) groups excluding carboxylic acids is 1. The van der Waals surface area contributed by atoms with Gasteiger partial charge in [0.1, 0.15) is 17.1 Å². The van der Waals surface area contributed by atoms with E-state index in [9.17, 15) is 13.6 Å². The number of nitrogens with zero attached hydrogens (tertiary/aromatic N) is 2. The maximum atomic E-state index is 13.8.